The molecule has 2 heterocycles. The van der Waals surface area contributed by atoms with Gasteiger partial charge >= 0.3 is 0 Å². The molecule has 17 heavy (non-hydrogen) atoms. The van der Waals surface area contributed by atoms with E-state index in [4.69, 9.17) is 12.2 Å². The molecule has 0 spiro atoms. The zero-order chi connectivity index (χ0) is 12.4. The summed E-state index contributed by atoms with van der Waals surface area (Å²) in [5.74, 6) is 0. The fourth-order valence-corrected chi connectivity index (χ4v) is 2.45. The van der Waals surface area contributed by atoms with Crippen LogP contribution >= 0.6 is 12.2 Å². The SMILES string of the molecule is CC(CCn1c(=S)[nH]c2cnccc21)S(C)=O. The lowest BCUT2D eigenvalue weighted by Gasteiger charge is -2.09. The minimum absolute atomic E-state index is 0.184. The summed E-state index contributed by atoms with van der Waals surface area (Å²) in [6.45, 7) is 2.78. The van der Waals surface area contributed by atoms with Crippen molar-refractivity contribution in [1.82, 2.24) is 14.5 Å². The molecule has 4 nitrogen and oxygen atoms in total. The van der Waals surface area contributed by atoms with Gasteiger partial charge in [-0.15, -0.1) is 0 Å². The van der Waals surface area contributed by atoms with Crippen molar-refractivity contribution in [2.24, 2.45) is 0 Å². The van der Waals surface area contributed by atoms with Crippen LogP contribution in [-0.4, -0.2) is 30.2 Å². The maximum Gasteiger partial charge on any atom is 0.178 e. The Morgan fingerprint density at radius 1 is 1.65 bits per heavy atom. The van der Waals surface area contributed by atoms with E-state index in [1.165, 1.54) is 0 Å². The van der Waals surface area contributed by atoms with Crippen molar-refractivity contribution in [1.29, 1.82) is 0 Å². The standard InChI is InChI=1S/C11H15N3OS2/c1-8(17(2)15)4-6-14-10-3-5-12-7-9(10)13-11(14)16/h3,5,7-8H,4,6H2,1-2H3,(H,13,16). The zero-order valence-corrected chi connectivity index (χ0v) is 11.5. The van der Waals surface area contributed by atoms with Crippen molar-refractivity contribution in [2.45, 2.75) is 25.1 Å². The third-order valence-electron chi connectivity index (χ3n) is 2.90. The van der Waals surface area contributed by atoms with Gasteiger partial charge in [-0.25, -0.2) is 0 Å². The second kappa shape index (κ2) is 5.10. The van der Waals surface area contributed by atoms with E-state index in [9.17, 15) is 4.21 Å². The van der Waals surface area contributed by atoms with Gasteiger partial charge in [-0.1, -0.05) is 6.92 Å². The van der Waals surface area contributed by atoms with Crippen LogP contribution in [0.3, 0.4) is 0 Å². The Hall–Kier alpha value is -1.01. The molecule has 2 aromatic heterocycles. The molecule has 0 aliphatic carbocycles. The molecule has 2 atom stereocenters. The van der Waals surface area contributed by atoms with Crippen molar-refractivity contribution < 1.29 is 4.21 Å². The lowest BCUT2D eigenvalue weighted by Crippen LogP contribution is -2.12. The van der Waals surface area contributed by atoms with Crippen LogP contribution in [0.15, 0.2) is 18.5 Å². The first-order valence-corrected chi connectivity index (χ1v) is 7.47. The number of fused-ring (bicyclic) bond motifs is 1. The van der Waals surface area contributed by atoms with Crippen molar-refractivity contribution in [3.8, 4) is 0 Å². The summed E-state index contributed by atoms with van der Waals surface area (Å²) < 4.78 is 14.0. The van der Waals surface area contributed by atoms with E-state index in [0.717, 1.165) is 24.0 Å². The molecule has 0 amide bonds. The smallest absolute Gasteiger partial charge is 0.178 e. The van der Waals surface area contributed by atoms with Crippen LogP contribution in [0.5, 0.6) is 0 Å². The lowest BCUT2D eigenvalue weighted by molar-refractivity contribution is 0.624. The first kappa shape index (κ1) is 12.4. The van der Waals surface area contributed by atoms with Crippen LogP contribution in [-0.2, 0) is 17.3 Å². The number of aromatic nitrogens is 3. The Bertz CT molecular complexity index is 602. The molecule has 0 aliphatic heterocycles. The number of pyridine rings is 1. The van der Waals surface area contributed by atoms with E-state index in [1.807, 2.05) is 17.6 Å². The van der Waals surface area contributed by atoms with E-state index >= 15 is 0 Å². The highest BCUT2D eigenvalue weighted by Crippen LogP contribution is 2.13. The number of imidazole rings is 1. The molecule has 0 aromatic carbocycles. The predicted molar refractivity (Wildman–Crippen MR) is 73.1 cm³/mol. The van der Waals surface area contributed by atoms with E-state index in [1.54, 1.807) is 18.6 Å². The molecular weight excluding hydrogens is 254 g/mol. The highest BCUT2D eigenvalue weighted by atomic mass is 32.2. The molecule has 2 rings (SSSR count). The molecule has 0 fully saturated rings. The second-order valence-corrected chi connectivity index (χ2v) is 6.26. The van der Waals surface area contributed by atoms with Crippen molar-refractivity contribution in [3.63, 3.8) is 0 Å². The van der Waals surface area contributed by atoms with E-state index in [-0.39, 0.29) is 5.25 Å². The highest BCUT2D eigenvalue weighted by molar-refractivity contribution is 7.84. The normalized spacial score (nSPS) is 14.9. The number of nitrogens with one attached hydrogen (secondary N) is 1. The largest absolute Gasteiger partial charge is 0.329 e. The summed E-state index contributed by atoms with van der Waals surface area (Å²) in [6, 6.07) is 1.94. The molecule has 0 bridgehead atoms. The summed E-state index contributed by atoms with van der Waals surface area (Å²) in [5.41, 5.74) is 2.00. The van der Waals surface area contributed by atoms with Gasteiger partial charge < -0.3 is 9.55 Å². The summed E-state index contributed by atoms with van der Waals surface area (Å²) >= 11 is 5.27. The van der Waals surface area contributed by atoms with Crippen LogP contribution in [0.1, 0.15) is 13.3 Å². The molecule has 0 aliphatic rings. The van der Waals surface area contributed by atoms with Crippen LogP contribution in [0.4, 0.5) is 0 Å². The molecule has 6 heteroatoms. The average Bonchev–Trinajstić information content (AvgIpc) is 2.61. The van der Waals surface area contributed by atoms with Crippen molar-refractivity contribution >= 4 is 34.1 Å². The minimum Gasteiger partial charge on any atom is -0.329 e. The summed E-state index contributed by atoms with van der Waals surface area (Å²) in [4.78, 5) is 7.17. The Balaban J connectivity index is 2.27. The average molecular weight is 269 g/mol. The number of aryl methyl sites for hydroxylation is 1. The van der Waals surface area contributed by atoms with Crippen LogP contribution in [0.2, 0.25) is 0 Å². The first-order valence-electron chi connectivity index (χ1n) is 5.44. The minimum atomic E-state index is -0.782. The van der Waals surface area contributed by atoms with Gasteiger partial charge in [0, 0.05) is 35.0 Å². The second-order valence-electron chi connectivity index (χ2n) is 4.07. The number of H-pyrrole nitrogens is 1. The number of hydrogen-bond donors (Lipinski definition) is 1. The van der Waals surface area contributed by atoms with Gasteiger partial charge in [-0.3, -0.25) is 9.19 Å². The third kappa shape index (κ3) is 2.63. The van der Waals surface area contributed by atoms with E-state index < -0.39 is 10.8 Å². The van der Waals surface area contributed by atoms with Crippen molar-refractivity contribution in [3.05, 3.63) is 23.2 Å². The van der Waals surface area contributed by atoms with Crippen LogP contribution < -0.4 is 0 Å². The molecule has 2 aromatic rings. The van der Waals surface area contributed by atoms with Gasteiger partial charge in [-0.2, -0.15) is 0 Å². The Morgan fingerprint density at radius 2 is 2.41 bits per heavy atom. The van der Waals surface area contributed by atoms with Crippen LogP contribution in [0.25, 0.3) is 11.0 Å². The first-order chi connectivity index (χ1) is 8.09. The Morgan fingerprint density at radius 3 is 3.12 bits per heavy atom. The van der Waals surface area contributed by atoms with Gasteiger partial charge in [0.1, 0.15) is 0 Å². The molecule has 0 radical (unpaired) electrons. The maximum absolute atomic E-state index is 11.3. The molecule has 1 N–H and O–H groups in total. The fraction of sp³-hybridized carbons (Fsp3) is 0.455. The molecule has 2 unspecified atom stereocenters. The summed E-state index contributed by atoms with van der Waals surface area (Å²) in [6.07, 6.45) is 6.11. The molecule has 0 saturated heterocycles. The predicted octanol–water partition coefficient (Wildman–Crippen LogP) is 2.25. The summed E-state index contributed by atoms with van der Waals surface area (Å²) in [7, 11) is -0.782. The van der Waals surface area contributed by atoms with Gasteiger partial charge in [0.25, 0.3) is 0 Å². The van der Waals surface area contributed by atoms with E-state index in [2.05, 4.69) is 9.97 Å². The Labute approximate surface area is 108 Å². The van der Waals surface area contributed by atoms with Gasteiger partial charge in [0.15, 0.2) is 4.77 Å². The van der Waals surface area contributed by atoms with Crippen LogP contribution in [0, 0.1) is 4.77 Å². The molecule has 0 saturated carbocycles. The van der Waals surface area contributed by atoms with Gasteiger partial charge in [0.2, 0.25) is 0 Å². The Kier molecular flexibility index (Phi) is 3.73. The number of nitrogens with zero attached hydrogens (tertiary/aromatic N) is 2. The third-order valence-corrected chi connectivity index (χ3v) is 4.59. The van der Waals surface area contributed by atoms with E-state index in [0.29, 0.717) is 4.77 Å². The van der Waals surface area contributed by atoms with Gasteiger partial charge in [-0.05, 0) is 24.7 Å². The lowest BCUT2D eigenvalue weighted by atomic mass is 10.3. The number of hydrogen-bond acceptors (Lipinski definition) is 3. The zero-order valence-electron chi connectivity index (χ0n) is 9.84. The molecule has 92 valence electrons. The highest BCUT2D eigenvalue weighted by Gasteiger charge is 2.09. The fourth-order valence-electron chi connectivity index (χ4n) is 1.71. The number of aromatic amines is 1. The summed E-state index contributed by atoms with van der Waals surface area (Å²) in [5, 5.41) is 0.184. The topological polar surface area (TPSA) is 50.7 Å². The quantitative estimate of drug-likeness (QED) is 0.866. The number of rotatable bonds is 4. The monoisotopic (exact) mass is 269 g/mol. The maximum atomic E-state index is 11.3. The van der Waals surface area contributed by atoms with Crippen molar-refractivity contribution in [2.75, 3.05) is 6.26 Å². The van der Waals surface area contributed by atoms with Gasteiger partial charge in [0.05, 0.1) is 17.2 Å². The molecular formula is C11H15N3OS2.